The summed E-state index contributed by atoms with van der Waals surface area (Å²) >= 11 is 1.84. The Labute approximate surface area is 349 Å². The van der Waals surface area contributed by atoms with Crippen LogP contribution in [0.3, 0.4) is 0 Å². The van der Waals surface area contributed by atoms with E-state index in [4.69, 9.17) is 13.8 Å². The van der Waals surface area contributed by atoms with Gasteiger partial charge in [-0.25, -0.2) is 4.98 Å². The number of rotatable bonds is 4. The molecule has 0 bridgehead atoms. The molecule has 8 aromatic carbocycles. The quantitative estimate of drug-likeness (QED) is 0.181. The molecule has 0 saturated heterocycles. The van der Waals surface area contributed by atoms with Crippen molar-refractivity contribution < 1.29 is 8.83 Å². The van der Waals surface area contributed by atoms with Gasteiger partial charge in [-0.05, 0) is 88.7 Å². The van der Waals surface area contributed by atoms with Gasteiger partial charge in [0.2, 0.25) is 5.89 Å². The molecule has 0 fully saturated rings. The lowest BCUT2D eigenvalue weighted by molar-refractivity contribution is 0.590. The lowest BCUT2D eigenvalue weighted by Crippen LogP contribution is -2.37. The summed E-state index contributed by atoms with van der Waals surface area (Å²) in [4.78, 5) is 5.02. The second-order valence-electron chi connectivity index (χ2n) is 17.1. The molecule has 5 heterocycles. The highest BCUT2D eigenvalue weighted by molar-refractivity contribution is 7.25. The highest BCUT2D eigenvalue weighted by Gasteiger charge is 2.29. The smallest absolute Gasteiger partial charge is 0.227 e. The number of nitrogens with one attached hydrogen (secondary N) is 1. The van der Waals surface area contributed by atoms with Crippen LogP contribution in [0.2, 0.25) is 0 Å². The monoisotopic (exact) mass is 788 g/mol. The summed E-state index contributed by atoms with van der Waals surface area (Å²) in [5, 5.41) is 10.9. The van der Waals surface area contributed by atoms with Crippen LogP contribution in [0.1, 0.15) is 26.3 Å². The molecule has 283 valence electrons. The molecule has 0 amide bonds. The number of fused-ring (bicyclic) bond motifs is 12. The Morgan fingerprint density at radius 1 is 0.600 bits per heavy atom. The summed E-state index contributed by atoms with van der Waals surface area (Å²) in [5.41, 5.74) is 15.7. The first-order valence-electron chi connectivity index (χ1n) is 20.4. The van der Waals surface area contributed by atoms with Gasteiger partial charge in [-0.2, -0.15) is 0 Å². The number of aromatic nitrogens is 2. The van der Waals surface area contributed by atoms with E-state index in [0.717, 1.165) is 94.1 Å². The maximum absolute atomic E-state index is 6.51. The van der Waals surface area contributed by atoms with Crippen LogP contribution in [0.25, 0.3) is 103 Å². The third-order valence-corrected chi connectivity index (χ3v) is 13.5. The predicted molar refractivity (Wildman–Crippen MR) is 253 cm³/mol. The summed E-state index contributed by atoms with van der Waals surface area (Å²) in [6.45, 7) is 6.77. The van der Waals surface area contributed by atoms with Crippen LogP contribution < -0.4 is 16.2 Å². The van der Waals surface area contributed by atoms with Gasteiger partial charge in [-0.15, -0.1) is 11.3 Å². The largest absolute Gasteiger partial charge is 0.456 e. The molecule has 7 heteroatoms. The van der Waals surface area contributed by atoms with Crippen LogP contribution in [0.15, 0.2) is 160 Å². The molecule has 1 aliphatic heterocycles. The van der Waals surface area contributed by atoms with Gasteiger partial charge in [-0.3, -0.25) is 0 Å². The van der Waals surface area contributed by atoms with Crippen LogP contribution in [0.4, 0.5) is 11.4 Å². The molecule has 1 N–H and O–H groups in total. The minimum atomic E-state index is 0.0681. The van der Waals surface area contributed by atoms with Crippen LogP contribution >= 0.6 is 11.3 Å². The normalized spacial score (nSPS) is 12.7. The SMILES string of the molecule is CC(C)(C)c1ccc(Nc2cc3sc4ccccc4c3cc2-c2ccc3c4cc5oc6ccccc6c5cc4n4c3c2[B]c2cc3nc(-c5ccccc5)oc3cc2-4)cc1. The van der Waals surface area contributed by atoms with Crippen molar-refractivity contribution in [3.8, 4) is 28.3 Å². The van der Waals surface area contributed by atoms with Gasteiger partial charge in [0, 0.05) is 81.5 Å². The van der Waals surface area contributed by atoms with E-state index in [2.05, 4.69) is 147 Å². The van der Waals surface area contributed by atoms with E-state index in [-0.39, 0.29) is 5.41 Å². The average Bonchev–Trinajstić information content (AvgIpc) is 4.03. The van der Waals surface area contributed by atoms with Gasteiger partial charge in [-0.1, -0.05) is 105 Å². The number of benzene rings is 8. The molecule has 1 aliphatic rings. The first-order chi connectivity index (χ1) is 29.3. The molecule has 5 nitrogen and oxygen atoms in total. The Morgan fingerprint density at radius 3 is 2.25 bits per heavy atom. The molecule has 0 atom stereocenters. The molecule has 0 unspecified atom stereocenters. The minimum Gasteiger partial charge on any atom is -0.456 e. The van der Waals surface area contributed by atoms with E-state index in [1.165, 1.54) is 31.1 Å². The van der Waals surface area contributed by atoms with E-state index >= 15 is 0 Å². The van der Waals surface area contributed by atoms with Crippen LogP contribution in [-0.4, -0.2) is 16.8 Å². The van der Waals surface area contributed by atoms with Crippen molar-refractivity contribution >= 4 is 116 Å². The van der Waals surface area contributed by atoms with E-state index in [1.54, 1.807) is 0 Å². The van der Waals surface area contributed by atoms with Crippen molar-refractivity contribution in [2.45, 2.75) is 26.2 Å². The van der Waals surface area contributed by atoms with Crippen LogP contribution in [-0.2, 0) is 5.41 Å². The molecular weight excluding hydrogens is 753 g/mol. The maximum Gasteiger partial charge on any atom is 0.227 e. The number of hydrogen-bond donors (Lipinski definition) is 1. The highest BCUT2D eigenvalue weighted by atomic mass is 32.1. The van der Waals surface area contributed by atoms with Crippen molar-refractivity contribution in [2.24, 2.45) is 0 Å². The first kappa shape index (κ1) is 33.8. The van der Waals surface area contributed by atoms with Crippen molar-refractivity contribution in [3.05, 3.63) is 157 Å². The third-order valence-electron chi connectivity index (χ3n) is 12.4. The average molecular weight is 789 g/mol. The highest BCUT2D eigenvalue weighted by Crippen LogP contribution is 2.44. The number of nitrogens with zero attached hydrogens (tertiary/aromatic N) is 2. The van der Waals surface area contributed by atoms with E-state index in [0.29, 0.717) is 5.89 Å². The summed E-state index contributed by atoms with van der Waals surface area (Å²) in [7, 11) is 2.36. The lowest BCUT2D eigenvalue weighted by atomic mass is 9.59. The molecule has 60 heavy (non-hydrogen) atoms. The third kappa shape index (κ3) is 4.96. The van der Waals surface area contributed by atoms with Crippen molar-refractivity contribution in [1.29, 1.82) is 0 Å². The summed E-state index contributed by atoms with van der Waals surface area (Å²) in [6, 6.07) is 54.4. The second kappa shape index (κ2) is 12.2. The fraction of sp³-hybridized carbons (Fsp3) is 0.0755. The Morgan fingerprint density at radius 2 is 1.40 bits per heavy atom. The zero-order valence-electron chi connectivity index (χ0n) is 33.1. The number of oxazole rings is 1. The molecule has 12 aromatic rings. The Hall–Kier alpha value is -7.09. The predicted octanol–water partition coefficient (Wildman–Crippen LogP) is 13.5. The number of anilines is 2. The second-order valence-corrected chi connectivity index (χ2v) is 18.2. The van der Waals surface area contributed by atoms with Crippen LogP contribution in [0.5, 0.6) is 0 Å². The fourth-order valence-corrected chi connectivity index (χ4v) is 10.6. The van der Waals surface area contributed by atoms with Crippen molar-refractivity contribution in [3.63, 3.8) is 0 Å². The Kier molecular flexibility index (Phi) is 6.90. The van der Waals surface area contributed by atoms with Gasteiger partial charge in [0.05, 0.1) is 5.52 Å². The lowest BCUT2D eigenvalue weighted by Gasteiger charge is -2.24. The van der Waals surface area contributed by atoms with Gasteiger partial charge in [0.15, 0.2) is 12.9 Å². The summed E-state index contributed by atoms with van der Waals surface area (Å²) < 4.78 is 18.0. The Bertz CT molecular complexity index is 3750. The number of furan rings is 1. The van der Waals surface area contributed by atoms with Gasteiger partial charge in [0.1, 0.15) is 16.7 Å². The Balaban J connectivity index is 1.09. The fourth-order valence-electron chi connectivity index (χ4n) is 9.43. The minimum absolute atomic E-state index is 0.0681. The molecule has 13 rings (SSSR count). The van der Waals surface area contributed by atoms with E-state index < -0.39 is 0 Å². The zero-order valence-corrected chi connectivity index (χ0v) is 33.9. The summed E-state index contributed by atoms with van der Waals surface area (Å²) in [6.07, 6.45) is 0. The summed E-state index contributed by atoms with van der Waals surface area (Å²) in [5.74, 6) is 0.614. The van der Waals surface area contributed by atoms with Gasteiger partial charge >= 0.3 is 0 Å². The first-order valence-corrected chi connectivity index (χ1v) is 21.2. The van der Waals surface area contributed by atoms with Crippen molar-refractivity contribution in [2.75, 3.05) is 5.32 Å². The maximum atomic E-state index is 6.51. The standard InChI is InChI=1S/C53H35BN3O2S/c1-53(2,3)30-17-19-31(20-18-30)55-41-27-49-39(33-14-8-10-16-48(33)60-49)23-36(41)34-21-22-35-37-25-46-38(32-13-7-9-15-45(32)58-46)24-43(37)57-44-28-47-42(26-40(44)54-50(34)51(35)57)56-52(59-47)29-11-5-4-6-12-29/h4-28,55H,1-3H3. The molecule has 0 spiro atoms. The van der Waals surface area contributed by atoms with Crippen molar-refractivity contribution in [1.82, 2.24) is 9.55 Å². The number of hydrogen-bond acceptors (Lipinski definition) is 5. The molecule has 0 aliphatic carbocycles. The van der Waals surface area contributed by atoms with Gasteiger partial charge in [0.25, 0.3) is 0 Å². The number of para-hydroxylation sites is 1. The molecule has 0 saturated carbocycles. The van der Waals surface area contributed by atoms with E-state index in [1.807, 2.05) is 53.8 Å². The number of thiophene rings is 1. The van der Waals surface area contributed by atoms with Crippen LogP contribution in [0, 0.1) is 0 Å². The molecule has 4 aromatic heterocycles. The van der Waals surface area contributed by atoms with E-state index in [9.17, 15) is 0 Å². The van der Waals surface area contributed by atoms with Gasteiger partial charge < -0.3 is 18.7 Å². The molecule has 1 radical (unpaired) electrons. The molecular formula is C53H35BN3O2S. The zero-order chi connectivity index (χ0) is 39.9. The topological polar surface area (TPSA) is 56.1 Å².